The number of hydrogen-bond acceptors (Lipinski definition) is 5. The Morgan fingerprint density at radius 1 is 1.32 bits per heavy atom. The van der Waals surface area contributed by atoms with E-state index in [2.05, 4.69) is 34.2 Å². The van der Waals surface area contributed by atoms with Crippen molar-refractivity contribution in [2.24, 2.45) is 0 Å². The van der Waals surface area contributed by atoms with Gasteiger partial charge in [-0.25, -0.2) is 14.6 Å². The number of rotatable bonds is 6. The number of halogens is 1. The minimum Gasteiger partial charge on any atom is -0.355 e. The van der Waals surface area contributed by atoms with Crippen molar-refractivity contribution in [1.29, 1.82) is 0 Å². The molecule has 0 spiro atoms. The van der Waals surface area contributed by atoms with E-state index in [1.54, 1.807) is 11.7 Å². The SMILES string of the molecule is CCN(CC)c1nc(C(=O)NC)nc(Cl)c1-n1nc(C)cc1C(C)C. The van der Waals surface area contributed by atoms with Crippen LogP contribution in [0.2, 0.25) is 5.15 Å². The van der Waals surface area contributed by atoms with Crippen molar-refractivity contribution in [2.45, 2.75) is 40.5 Å². The van der Waals surface area contributed by atoms with Crippen molar-refractivity contribution in [3.8, 4) is 5.69 Å². The van der Waals surface area contributed by atoms with Crippen LogP contribution in [0.4, 0.5) is 5.82 Å². The van der Waals surface area contributed by atoms with Gasteiger partial charge in [0.05, 0.1) is 5.69 Å². The van der Waals surface area contributed by atoms with Crippen LogP contribution in [0, 0.1) is 6.92 Å². The maximum atomic E-state index is 12.0. The third-order valence-electron chi connectivity index (χ3n) is 3.98. The summed E-state index contributed by atoms with van der Waals surface area (Å²) in [4.78, 5) is 22.7. The molecule has 0 saturated carbocycles. The minimum atomic E-state index is -0.373. The van der Waals surface area contributed by atoms with Gasteiger partial charge in [-0.1, -0.05) is 25.4 Å². The van der Waals surface area contributed by atoms with Crippen molar-refractivity contribution in [1.82, 2.24) is 25.1 Å². The Bertz CT molecular complexity index is 767. The lowest BCUT2D eigenvalue weighted by Gasteiger charge is -2.24. The average Bonchev–Trinajstić information content (AvgIpc) is 2.96. The zero-order chi connectivity index (χ0) is 18.7. The van der Waals surface area contributed by atoms with Gasteiger partial charge >= 0.3 is 0 Å². The third-order valence-corrected chi connectivity index (χ3v) is 4.24. The molecule has 0 radical (unpaired) electrons. The number of amides is 1. The summed E-state index contributed by atoms with van der Waals surface area (Å²) in [6.07, 6.45) is 0. The second-order valence-electron chi connectivity index (χ2n) is 6.04. The molecule has 25 heavy (non-hydrogen) atoms. The topological polar surface area (TPSA) is 75.9 Å². The van der Waals surface area contributed by atoms with Crippen LogP contribution < -0.4 is 10.2 Å². The van der Waals surface area contributed by atoms with Gasteiger partial charge in [-0.3, -0.25) is 4.79 Å². The number of anilines is 1. The molecule has 8 heteroatoms. The number of hydrogen-bond donors (Lipinski definition) is 1. The maximum Gasteiger partial charge on any atom is 0.288 e. The van der Waals surface area contributed by atoms with Crippen LogP contribution >= 0.6 is 11.6 Å². The molecule has 0 bridgehead atoms. The van der Waals surface area contributed by atoms with E-state index >= 15 is 0 Å². The summed E-state index contributed by atoms with van der Waals surface area (Å²) in [6.45, 7) is 11.6. The highest BCUT2D eigenvalue weighted by molar-refractivity contribution is 6.31. The smallest absolute Gasteiger partial charge is 0.288 e. The van der Waals surface area contributed by atoms with Gasteiger partial charge in [-0.05, 0) is 32.8 Å². The fraction of sp³-hybridized carbons (Fsp3) is 0.529. The second-order valence-corrected chi connectivity index (χ2v) is 6.40. The van der Waals surface area contributed by atoms with Gasteiger partial charge < -0.3 is 10.2 Å². The Balaban J connectivity index is 2.78. The molecule has 0 atom stereocenters. The number of carbonyl (C=O) groups is 1. The zero-order valence-electron chi connectivity index (χ0n) is 15.6. The third kappa shape index (κ3) is 3.76. The molecular formula is C17H25ClN6O. The molecule has 136 valence electrons. The van der Waals surface area contributed by atoms with Crippen LogP contribution in [0.3, 0.4) is 0 Å². The Morgan fingerprint density at radius 2 is 1.96 bits per heavy atom. The number of nitrogens with zero attached hydrogens (tertiary/aromatic N) is 5. The highest BCUT2D eigenvalue weighted by Gasteiger charge is 2.24. The summed E-state index contributed by atoms with van der Waals surface area (Å²) in [5.74, 6) is 0.532. The lowest BCUT2D eigenvalue weighted by atomic mass is 10.1. The molecule has 1 N–H and O–H groups in total. The summed E-state index contributed by atoms with van der Waals surface area (Å²) in [7, 11) is 1.54. The zero-order valence-corrected chi connectivity index (χ0v) is 16.3. The molecule has 0 aliphatic heterocycles. The van der Waals surface area contributed by atoms with Crippen molar-refractivity contribution in [3.63, 3.8) is 0 Å². The summed E-state index contributed by atoms with van der Waals surface area (Å²) < 4.78 is 1.80. The minimum absolute atomic E-state index is 0.0492. The van der Waals surface area contributed by atoms with E-state index in [4.69, 9.17) is 11.6 Å². The van der Waals surface area contributed by atoms with Gasteiger partial charge in [-0.15, -0.1) is 0 Å². The van der Waals surface area contributed by atoms with Crippen LogP contribution in [0.25, 0.3) is 5.69 Å². The molecule has 0 fully saturated rings. The van der Waals surface area contributed by atoms with E-state index in [-0.39, 0.29) is 22.8 Å². The molecule has 2 aromatic heterocycles. The van der Waals surface area contributed by atoms with Gasteiger partial charge in [0.15, 0.2) is 11.0 Å². The molecule has 2 rings (SSSR count). The highest BCUT2D eigenvalue weighted by atomic mass is 35.5. The van der Waals surface area contributed by atoms with Gasteiger partial charge in [0.1, 0.15) is 5.69 Å². The van der Waals surface area contributed by atoms with E-state index < -0.39 is 0 Å². The molecule has 0 unspecified atom stereocenters. The van der Waals surface area contributed by atoms with Gasteiger partial charge in [0.2, 0.25) is 5.82 Å². The molecule has 0 aromatic carbocycles. The number of aryl methyl sites for hydroxylation is 1. The summed E-state index contributed by atoms with van der Waals surface area (Å²) in [5.41, 5.74) is 2.51. The van der Waals surface area contributed by atoms with E-state index in [9.17, 15) is 4.79 Å². The first-order chi connectivity index (χ1) is 11.8. The molecular weight excluding hydrogens is 340 g/mol. The first-order valence-corrected chi connectivity index (χ1v) is 8.83. The molecule has 1 amide bonds. The van der Waals surface area contributed by atoms with Crippen LogP contribution in [-0.4, -0.2) is 45.8 Å². The lowest BCUT2D eigenvalue weighted by molar-refractivity contribution is 0.0953. The molecule has 0 aliphatic carbocycles. The summed E-state index contributed by atoms with van der Waals surface area (Å²) in [6, 6.07) is 2.03. The van der Waals surface area contributed by atoms with E-state index in [1.165, 1.54) is 0 Å². The van der Waals surface area contributed by atoms with Crippen molar-refractivity contribution in [3.05, 3.63) is 28.4 Å². The van der Waals surface area contributed by atoms with Crippen molar-refractivity contribution < 1.29 is 4.79 Å². The Hall–Kier alpha value is -2.15. The van der Waals surface area contributed by atoms with Gasteiger partial charge in [-0.2, -0.15) is 5.10 Å². The molecule has 7 nitrogen and oxygen atoms in total. The Kier molecular flexibility index (Phi) is 6.00. The Morgan fingerprint density at radius 3 is 2.48 bits per heavy atom. The predicted octanol–water partition coefficient (Wildman–Crippen LogP) is 2.95. The van der Waals surface area contributed by atoms with Gasteiger partial charge in [0.25, 0.3) is 5.91 Å². The van der Waals surface area contributed by atoms with E-state index in [1.807, 2.05) is 31.7 Å². The molecule has 2 heterocycles. The summed E-state index contributed by atoms with van der Waals surface area (Å²) in [5, 5.41) is 7.34. The van der Waals surface area contributed by atoms with Gasteiger partial charge in [0, 0.05) is 25.8 Å². The standard InChI is InChI=1S/C17H25ClN6O/c1-7-23(8-2)16-13(14(18)20-15(21-16)17(25)19-6)24-12(10(3)4)9-11(5)22-24/h9-10H,7-8H2,1-6H3,(H,19,25). The first kappa shape index (κ1) is 19.2. The fourth-order valence-corrected chi connectivity index (χ4v) is 2.91. The van der Waals surface area contributed by atoms with Crippen molar-refractivity contribution in [2.75, 3.05) is 25.0 Å². The maximum absolute atomic E-state index is 12.0. The van der Waals surface area contributed by atoms with Crippen LogP contribution in [-0.2, 0) is 0 Å². The monoisotopic (exact) mass is 364 g/mol. The first-order valence-electron chi connectivity index (χ1n) is 8.45. The van der Waals surface area contributed by atoms with Crippen LogP contribution in [0.15, 0.2) is 6.07 Å². The number of carbonyl (C=O) groups excluding carboxylic acids is 1. The summed E-state index contributed by atoms with van der Waals surface area (Å²) >= 11 is 6.50. The predicted molar refractivity (Wildman–Crippen MR) is 99.9 cm³/mol. The molecule has 0 aliphatic rings. The number of nitrogens with one attached hydrogen (secondary N) is 1. The quantitative estimate of drug-likeness (QED) is 0.797. The largest absolute Gasteiger partial charge is 0.355 e. The van der Waals surface area contributed by atoms with E-state index in [0.29, 0.717) is 11.5 Å². The molecule has 0 saturated heterocycles. The second kappa shape index (κ2) is 7.82. The fourth-order valence-electron chi connectivity index (χ4n) is 2.67. The van der Waals surface area contributed by atoms with Crippen LogP contribution in [0.1, 0.15) is 55.6 Å². The lowest BCUT2D eigenvalue weighted by Crippen LogP contribution is -2.28. The Labute approximate surface area is 153 Å². The van der Waals surface area contributed by atoms with E-state index in [0.717, 1.165) is 24.5 Å². The number of aromatic nitrogens is 4. The normalized spacial score (nSPS) is 11.0. The highest BCUT2D eigenvalue weighted by Crippen LogP contribution is 2.31. The average molecular weight is 365 g/mol. The molecule has 2 aromatic rings. The van der Waals surface area contributed by atoms with Crippen molar-refractivity contribution >= 4 is 23.3 Å². The van der Waals surface area contributed by atoms with Crippen LogP contribution in [0.5, 0.6) is 0 Å².